The van der Waals surface area contributed by atoms with Crippen molar-refractivity contribution in [1.29, 1.82) is 0 Å². The number of morpholine rings is 1. The second-order valence-corrected chi connectivity index (χ2v) is 4.01. The normalized spacial score (nSPS) is 24.9. The summed E-state index contributed by atoms with van der Waals surface area (Å²) in [6, 6.07) is -0.147. The monoisotopic (exact) mass is 215 g/mol. The Bertz CT molecular complexity index is 211. The van der Waals surface area contributed by atoms with E-state index in [1.54, 1.807) is 7.05 Å². The predicted octanol–water partition coefficient (Wildman–Crippen LogP) is -0.959. The Hall–Kier alpha value is -0.650. The van der Waals surface area contributed by atoms with Crippen LogP contribution < -0.4 is 10.6 Å². The summed E-state index contributed by atoms with van der Waals surface area (Å²) in [5, 5.41) is 5.77. The fourth-order valence-electron chi connectivity index (χ4n) is 1.49. The molecule has 1 saturated heterocycles. The van der Waals surface area contributed by atoms with E-state index in [1.807, 2.05) is 6.92 Å². The highest BCUT2D eigenvalue weighted by atomic mass is 16.5. The van der Waals surface area contributed by atoms with Gasteiger partial charge in [0.2, 0.25) is 5.91 Å². The van der Waals surface area contributed by atoms with Crippen LogP contribution in [-0.4, -0.2) is 63.3 Å². The van der Waals surface area contributed by atoms with E-state index >= 15 is 0 Å². The molecule has 5 heteroatoms. The molecule has 1 heterocycles. The van der Waals surface area contributed by atoms with Gasteiger partial charge in [0, 0.05) is 19.6 Å². The van der Waals surface area contributed by atoms with Gasteiger partial charge in [0.1, 0.15) is 0 Å². The lowest BCUT2D eigenvalue weighted by atomic mass is 10.2. The molecule has 1 rings (SSSR count). The molecular weight excluding hydrogens is 194 g/mol. The Morgan fingerprint density at radius 2 is 2.40 bits per heavy atom. The van der Waals surface area contributed by atoms with Crippen molar-refractivity contribution in [3.05, 3.63) is 0 Å². The number of hydrogen-bond acceptors (Lipinski definition) is 4. The van der Waals surface area contributed by atoms with E-state index in [2.05, 4.69) is 22.6 Å². The molecule has 1 aliphatic rings. The Morgan fingerprint density at radius 1 is 1.67 bits per heavy atom. The molecule has 0 aromatic rings. The van der Waals surface area contributed by atoms with Gasteiger partial charge in [-0.15, -0.1) is 0 Å². The van der Waals surface area contributed by atoms with Crippen LogP contribution in [0.3, 0.4) is 0 Å². The van der Waals surface area contributed by atoms with Gasteiger partial charge >= 0.3 is 0 Å². The van der Waals surface area contributed by atoms with Gasteiger partial charge in [0.05, 0.1) is 18.8 Å². The SMILES string of the molecule is CNC(C)C(=O)NCC1CN(C)CCO1. The number of ether oxygens (including phenoxy) is 1. The van der Waals surface area contributed by atoms with E-state index in [-0.39, 0.29) is 18.1 Å². The molecule has 88 valence electrons. The van der Waals surface area contributed by atoms with Crippen molar-refractivity contribution in [3.8, 4) is 0 Å². The van der Waals surface area contributed by atoms with E-state index in [4.69, 9.17) is 4.74 Å². The minimum absolute atomic E-state index is 0.0225. The summed E-state index contributed by atoms with van der Waals surface area (Å²) in [4.78, 5) is 13.7. The average Bonchev–Trinajstić information content (AvgIpc) is 2.25. The maximum absolute atomic E-state index is 11.5. The van der Waals surface area contributed by atoms with Gasteiger partial charge in [-0.3, -0.25) is 4.79 Å². The van der Waals surface area contributed by atoms with Gasteiger partial charge in [-0.05, 0) is 21.0 Å². The third-order valence-corrected chi connectivity index (χ3v) is 2.67. The van der Waals surface area contributed by atoms with Crippen molar-refractivity contribution in [1.82, 2.24) is 15.5 Å². The van der Waals surface area contributed by atoms with Gasteiger partial charge in [0.25, 0.3) is 0 Å². The molecule has 0 saturated carbocycles. The maximum Gasteiger partial charge on any atom is 0.236 e. The zero-order chi connectivity index (χ0) is 11.3. The highest BCUT2D eigenvalue weighted by Crippen LogP contribution is 2.01. The number of nitrogens with one attached hydrogen (secondary N) is 2. The fraction of sp³-hybridized carbons (Fsp3) is 0.900. The summed E-state index contributed by atoms with van der Waals surface area (Å²) in [7, 11) is 3.84. The van der Waals surface area contributed by atoms with Gasteiger partial charge in [-0.1, -0.05) is 0 Å². The quantitative estimate of drug-likeness (QED) is 0.634. The molecule has 0 aromatic carbocycles. The van der Waals surface area contributed by atoms with Crippen molar-refractivity contribution in [2.45, 2.75) is 19.1 Å². The number of carbonyl (C=O) groups is 1. The molecule has 1 fully saturated rings. The van der Waals surface area contributed by atoms with Crippen LogP contribution in [0.2, 0.25) is 0 Å². The molecule has 0 aromatic heterocycles. The Morgan fingerprint density at radius 3 is 3.00 bits per heavy atom. The van der Waals surface area contributed by atoms with Crippen LogP contribution in [-0.2, 0) is 9.53 Å². The number of hydrogen-bond donors (Lipinski definition) is 2. The fourth-order valence-corrected chi connectivity index (χ4v) is 1.49. The van der Waals surface area contributed by atoms with Crippen LogP contribution in [0.4, 0.5) is 0 Å². The lowest BCUT2D eigenvalue weighted by molar-refractivity contribution is -0.123. The van der Waals surface area contributed by atoms with Crippen molar-refractivity contribution in [2.24, 2.45) is 0 Å². The lowest BCUT2D eigenvalue weighted by Crippen LogP contribution is -2.48. The van der Waals surface area contributed by atoms with Gasteiger partial charge in [-0.2, -0.15) is 0 Å². The highest BCUT2D eigenvalue weighted by molar-refractivity contribution is 5.81. The van der Waals surface area contributed by atoms with Gasteiger partial charge in [0.15, 0.2) is 0 Å². The first-order chi connectivity index (χ1) is 7.13. The second kappa shape index (κ2) is 6.05. The molecule has 2 atom stereocenters. The van der Waals surface area contributed by atoms with Crippen LogP contribution in [0.15, 0.2) is 0 Å². The molecule has 2 unspecified atom stereocenters. The second-order valence-electron chi connectivity index (χ2n) is 4.01. The van der Waals surface area contributed by atoms with E-state index in [9.17, 15) is 4.79 Å². The molecule has 0 radical (unpaired) electrons. The first-order valence-electron chi connectivity index (χ1n) is 5.38. The van der Waals surface area contributed by atoms with Crippen LogP contribution in [0.1, 0.15) is 6.92 Å². The smallest absolute Gasteiger partial charge is 0.236 e. The minimum atomic E-state index is -0.147. The largest absolute Gasteiger partial charge is 0.374 e. The van der Waals surface area contributed by atoms with Crippen LogP contribution in [0, 0.1) is 0 Å². The van der Waals surface area contributed by atoms with Crippen LogP contribution >= 0.6 is 0 Å². The van der Waals surface area contributed by atoms with Crippen molar-refractivity contribution in [2.75, 3.05) is 40.3 Å². The average molecular weight is 215 g/mol. The number of nitrogens with zero attached hydrogens (tertiary/aromatic N) is 1. The molecule has 1 amide bonds. The number of likely N-dealkylation sites (N-methyl/N-ethyl adjacent to an activating group) is 2. The van der Waals surface area contributed by atoms with E-state index in [0.29, 0.717) is 6.54 Å². The van der Waals surface area contributed by atoms with Crippen LogP contribution in [0.5, 0.6) is 0 Å². The lowest BCUT2D eigenvalue weighted by Gasteiger charge is -2.30. The number of carbonyl (C=O) groups excluding carboxylic acids is 1. The Balaban J connectivity index is 2.21. The summed E-state index contributed by atoms with van der Waals surface area (Å²) < 4.78 is 5.54. The van der Waals surface area contributed by atoms with E-state index < -0.39 is 0 Å². The maximum atomic E-state index is 11.5. The molecular formula is C10H21N3O2. The van der Waals surface area contributed by atoms with Crippen LogP contribution in [0.25, 0.3) is 0 Å². The Labute approximate surface area is 91.2 Å². The molecule has 0 spiro atoms. The molecule has 1 aliphatic heterocycles. The number of rotatable bonds is 4. The third kappa shape index (κ3) is 4.15. The van der Waals surface area contributed by atoms with Gasteiger partial charge < -0.3 is 20.3 Å². The molecule has 2 N–H and O–H groups in total. The predicted molar refractivity (Wildman–Crippen MR) is 58.8 cm³/mol. The summed E-state index contributed by atoms with van der Waals surface area (Å²) >= 11 is 0. The molecule has 0 aliphatic carbocycles. The molecule has 0 bridgehead atoms. The highest BCUT2D eigenvalue weighted by Gasteiger charge is 2.19. The standard InChI is InChI=1S/C10H21N3O2/c1-8(11-2)10(14)12-6-9-7-13(3)4-5-15-9/h8-9,11H,4-7H2,1-3H3,(H,12,14). The van der Waals surface area contributed by atoms with Crippen molar-refractivity contribution >= 4 is 5.91 Å². The topological polar surface area (TPSA) is 53.6 Å². The van der Waals surface area contributed by atoms with E-state index in [1.165, 1.54) is 0 Å². The third-order valence-electron chi connectivity index (χ3n) is 2.67. The summed E-state index contributed by atoms with van der Waals surface area (Å²) in [5.74, 6) is 0.0225. The Kier molecular flexibility index (Phi) is 5.01. The molecule has 5 nitrogen and oxygen atoms in total. The van der Waals surface area contributed by atoms with Crippen molar-refractivity contribution in [3.63, 3.8) is 0 Å². The zero-order valence-corrected chi connectivity index (χ0v) is 9.75. The minimum Gasteiger partial charge on any atom is -0.374 e. The zero-order valence-electron chi connectivity index (χ0n) is 9.75. The van der Waals surface area contributed by atoms with Crippen molar-refractivity contribution < 1.29 is 9.53 Å². The molecule has 15 heavy (non-hydrogen) atoms. The van der Waals surface area contributed by atoms with E-state index in [0.717, 1.165) is 19.7 Å². The first kappa shape index (κ1) is 12.4. The summed E-state index contributed by atoms with van der Waals surface area (Å²) in [6.45, 7) is 5.03. The summed E-state index contributed by atoms with van der Waals surface area (Å²) in [5.41, 5.74) is 0. The summed E-state index contributed by atoms with van der Waals surface area (Å²) in [6.07, 6.45) is 0.122. The first-order valence-corrected chi connectivity index (χ1v) is 5.38. The number of amides is 1. The van der Waals surface area contributed by atoms with Gasteiger partial charge in [-0.25, -0.2) is 0 Å².